The smallest absolute Gasteiger partial charge is 0.255 e. The molecule has 2 aromatic heterocycles. The minimum absolute atomic E-state index is 0.123. The minimum atomic E-state index is -0.338. The van der Waals surface area contributed by atoms with Crippen molar-refractivity contribution in [3.63, 3.8) is 0 Å². The Morgan fingerprint density at radius 1 is 1.03 bits per heavy atom. The van der Waals surface area contributed by atoms with E-state index in [1.54, 1.807) is 41.2 Å². The molecule has 1 amide bonds. The zero-order valence-corrected chi connectivity index (χ0v) is 16.9. The Kier molecular flexibility index (Phi) is 4.73. The number of fused-ring (bicyclic) bond motifs is 2. The van der Waals surface area contributed by atoms with Gasteiger partial charge in [-0.1, -0.05) is 18.2 Å². The molecule has 2 aromatic carbocycles. The monoisotopic (exact) mass is 419 g/mol. The fourth-order valence-corrected chi connectivity index (χ4v) is 4.42. The lowest BCUT2D eigenvalue weighted by molar-refractivity contribution is 0.0728. The number of aromatic nitrogens is 2. The Morgan fingerprint density at radius 2 is 1.77 bits per heavy atom. The van der Waals surface area contributed by atoms with Gasteiger partial charge in [0.15, 0.2) is 5.75 Å². The molecule has 31 heavy (non-hydrogen) atoms. The molecule has 158 valence electrons. The Bertz CT molecular complexity index is 1290. The fraction of sp³-hybridized carbons (Fsp3) is 0.250. The van der Waals surface area contributed by atoms with Gasteiger partial charge in [0, 0.05) is 36.3 Å². The quantitative estimate of drug-likeness (QED) is 0.516. The number of phenols is 1. The van der Waals surface area contributed by atoms with E-state index < -0.39 is 0 Å². The lowest BCUT2D eigenvalue weighted by Crippen LogP contribution is -2.35. The third-order valence-electron chi connectivity index (χ3n) is 5.98. The van der Waals surface area contributed by atoms with Gasteiger partial charge in [0.25, 0.3) is 5.91 Å². The number of aromatic hydroxyl groups is 2. The van der Waals surface area contributed by atoms with Crippen LogP contribution in [0.15, 0.2) is 48.8 Å². The van der Waals surface area contributed by atoms with Gasteiger partial charge in [0.05, 0.1) is 17.5 Å². The van der Waals surface area contributed by atoms with E-state index >= 15 is 0 Å². The molecule has 0 aliphatic carbocycles. The molecule has 2 N–H and O–H groups in total. The molecule has 0 saturated carbocycles. The summed E-state index contributed by atoms with van der Waals surface area (Å²) in [5.74, 6) is -0.773. The van der Waals surface area contributed by atoms with Crippen LogP contribution >= 0.6 is 0 Å². The Morgan fingerprint density at radius 3 is 2.52 bits per heavy atom. The number of halogens is 1. The second kappa shape index (κ2) is 7.58. The highest BCUT2D eigenvalue weighted by Crippen LogP contribution is 2.43. The lowest BCUT2D eigenvalue weighted by Gasteiger charge is -2.27. The number of nitrogens with zero attached hydrogens (tertiary/aromatic N) is 3. The Labute approximate surface area is 178 Å². The maximum atomic E-state index is 13.5. The molecule has 1 aliphatic heterocycles. The largest absolute Gasteiger partial charge is 0.505 e. The van der Waals surface area contributed by atoms with Crippen molar-refractivity contribution in [1.29, 1.82) is 0 Å². The molecule has 0 bridgehead atoms. The molecular formula is C24H22FN3O3. The summed E-state index contributed by atoms with van der Waals surface area (Å²) in [4.78, 5) is 19.6. The van der Waals surface area contributed by atoms with E-state index in [0.717, 1.165) is 24.8 Å². The molecule has 3 heterocycles. The van der Waals surface area contributed by atoms with Gasteiger partial charge in [-0.3, -0.25) is 9.78 Å². The summed E-state index contributed by atoms with van der Waals surface area (Å²) < 4.78 is 14.8. The molecule has 5 rings (SSSR count). The highest BCUT2D eigenvalue weighted by atomic mass is 19.1. The first-order chi connectivity index (χ1) is 15.0. The third-order valence-corrected chi connectivity index (χ3v) is 5.98. The van der Waals surface area contributed by atoms with E-state index in [0.29, 0.717) is 29.4 Å². The average Bonchev–Trinajstić information content (AvgIpc) is 3.12. The van der Waals surface area contributed by atoms with Gasteiger partial charge in [0.2, 0.25) is 5.88 Å². The van der Waals surface area contributed by atoms with E-state index in [1.165, 1.54) is 12.1 Å². The lowest BCUT2D eigenvalue weighted by atomic mass is 9.99. The zero-order valence-electron chi connectivity index (χ0n) is 16.9. The minimum Gasteiger partial charge on any atom is -0.505 e. The van der Waals surface area contributed by atoms with Crippen LogP contribution in [-0.2, 0) is 6.54 Å². The van der Waals surface area contributed by atoms with Crippen molar-refractivity contribution < 1.29 is 19.4 Å². The Balaban J connectivity index is 1.72. The van der Waals surface area contributed by atoms with Gasteiger partial charge in [0.1, 0.15) is 11.3 Å². The number of hydrogen-bond donors (Lipinski definition) is 2. The molecular weight excluding hydrogens is 397 g/mol. The van der Waals surface area contributed by atoms with Gasteiger partial charge >= 0.3 is 0 Å². The number of rotatable bonds is 3. The maximum absolute atomic E-state index is 13.5. The fourth-order valence-electron chi connectivity index (χ4n) is 4.42. The van der Waals surface area contributed by atoms with Crippen LogP contribution in [0.1, 0.15) is 35.2 Å². The predicted octanol–water partition coefficient (Wildman–Crippen LogP) is 4.41. The number of hydrogen-bond acceptors (Lipinski definition) is 4. The Hall–Kier alpha value is -3.61. The van der Waals surface area contributed by atoms with Crippen molar-refractivity contribution in [3.8, 4) is 11.6 Å². The second-order valence-electron chi connectivity index (χ2n) is 7.97. The zero-order chi connectivity index (χ0) is 21.5. The highest BCUT2D eigenvalue weighted by Gasteiger charge is 2.27. The summed E-state index contributed by atoms with van der Waals surface area (Å²) in [7, 11) is 0. The molecule has 6 nitrogen and oxygen atoms in total. The summed E-state index contributed by atoms with van der Waals surface area (Å²) >= 11 is 0. The normalized spacial score (nSPS) is 14.4. The van der Waals surface area contributed by atoms with Crippen molar-refractivity contribution in [3.05, 3.63) is 65.7 Å². The van der Waals surface area contributed by atoms with Crippen molar-refractivity contribution in [2.75, 3.05) is 13.1 Å². The summed E-state index contributed by atoms with van der Waals surface area (Å²) in [5, 5.41) is 23.1. The summed E-state index contributed by atoms with van der Waals surface area (Å²) in [5.41, 5.74) is 1.50. The van der Waals surface area contributed by atoms with E-state index in [2.05, 4.69) is 4.98 Å². The summed E-state index contributed by atoms with van der Waals surface area (Å²) in [6.45, 7) is 1.64. The molecule has 1 fully saturated rings. The SMILES string of the molecule is O=C(c1c2cccnc2c(O)c2c(O)n(Cc3ccc(F)cc3)cc12)N1CCCCC1. The van der Waals surface area contributed by atoms with Gasteiger partial charge in [-0.2, -0.15) is 0 Å². The second-order valence-corrected chi connectivity index (χ2v) is 7.97. The average molecular weight is 419 g/mol. The first-order valence-electron chi connectivity index (χ1n) is 10.4. The van der Waals surface area contributed by atoms with E-state index in [9.17, 15) is 19.4 Å². The molecule has 0 atom stereocenters. The van der Waals surface area contributed by atoms with Gasteiger partial charge in [-0.15, -0.1) is 0 Å². The van der Waals surface area contributed by atoms with Crippen molar-refractivity contribution in [2.45, 2.75) is 25.8 Å². The van der Waals surface area contributed by atoms with Crippen molar-refractivity contribution >= 4 is 27.6 Å². The predicted molar refractivity (Wildman–Crippen MR) is 116 cm³/mol. The van der Waals surface area contributed by atoms with Gasteiger partial charge < -0.3 is 19.7 Å². The van der Waals surface area contributed by atoms with Crippen LogP contribution in [0.2, 0.25) is 0 Å². The molecule has 4 aromatic rings. The molecule has 0 unspecified atom stereocenters. The molecule has 0 spiro atoms. The number of amides is 1. The van der Waals surface area contributed by atoms with Crippen LogP contribution < -0.4 is 0 Å². The van der Waals surface area contributed by atoms with Crippen molar-refractivity contribution in [2.24, 2.45) is 0 Å². The molecule has 1 aliphatic rings. The van der Waals surface area contributed by atoms with Crippen LogP contribution in [0.3, 0.4) is 0 Å². The van der Waals surface area contributed by atoms with Crippen LogP contribution in [0.4, 0.5) is 4.39 Å². The summed E-state index contributed by atoms with van der Waals surface area (Å²) in [6.07, 6.45) is 6.25. The van der Waals surface area contributed by atoms with Crippen LogP contribution in [0.5, 0.6) is 11.6 Å². The number of phenolic OH excluding ortho intramolecular Hbond substituents is 1. The van der Waals surface area contributed by atoms with E-state index in [1.807, 2.05) is 4.90 Å². The van der Waals surface area contributed by atoms with Gasteiger partial charge in [-0.05, 0) is 43.0 Å². The maximum Gasteiger partial charge on any atom is 0.255 e. The van der Waals surface area contributed by atoms with Crippen LogP contribution in [0, 0.1) is 5.82 Å². The van der Waals surface area contributed by atoms with Crippen LogP contribution in [-0.4, -0.2) is 43.7 Å². The standard InChI is InChI=1S/C24H22FN3O3/c25-16-8-6-15(7-9-16)13-28-14-18-19(23(30)27-11-2-1-3-12-27)17-5-4-10-26-21(17)22(29)20(18)24(28)31/h4-10,14,29,31H,1-3,11-13H2. The number of carbonyl (C=O) groups excluding carboxylic acids is 1. The molecule has 1 saturated heterocycles. The summed E-state index contributed by atoms with van der Waals surface area (Å²) in [6, 6.07) is 9.49. The first kappa shape index (κ1) is 19.4. The van der Waals surface area contributed by atoms with E-state index in [4.69, 9.17) is 0 Å². The number of piperidine rings is 1. The first-order valence-corrected chi connectivity index (χ1v) is 10.4. The van der Waals surface area contributed by atoms with Crippen molar-refractivity contribution in [1.82, 2.24) is 14.5 Å². The molecule has 7 heteroatoms. The van der Waals surface area contributed by atoms with E-state index in [-0.39, 0.29) is 40.8 Å². The molecule has 0 radical (unpaired) electrons. The van der Waals surface area contributed by atoms with Gasteiger partial charge in [-0.25, -0.2) is 4.39 Å². The number of carbonyl (C=O) groups is 1. The third kappa shape index (κ3) is 3.26. The topological polar surface area (TPSA) is 78.6 Å². The van der Waals surface area contributed by atoms with Crippen LogP contribution in [0.25, 0.3) is 21.7 Å². The number of likely N-dealkylation sites (tertiary alicyclic amines) is 1. The number of benzene rings is 2. The highest BCUT2D eigenvalue weighted by molar-refractivity contribution is 6.21. The number of pyridine rings is 1.